The Balaban J connectivity index is 2.12. The maximum atomic E-state index is 6.09. The summed E-state index contributed by atoms with van der Waals surface area (Å²) in [6, 6.07) is 9.49. The first-order valence-corrected chi connectivity index (χ1v) is 7.62. The van der Waals surface area contributed by atoms with Crippen LogP contribution in [0.5, 0.6) is 5.88 Å². The minimum atomic E-state index is 0.370. The topological polar surface area (TPSA) is 34.2 Å². The van der Waals surface area contributed by atoms with Crippen LogP contribution in [0.3, 0.4) is 0 Å². The fourth-order valence-corrected chi connectivity index (χ4v) is 2.32. The third kappa shape index (κ3) is 4.01. The van der Waals surface area contributed by atoms with Crippen LogP contribution >= 0.6 is 39.1 Å². The van der Waals surface area contributed by atoms with E-state index in [-0.39, 0.29) is 0 Å². The summed E-state index contributed by atoms with van der Waals surface area (Å²) in [6.45, 7) is 3.09. The normalized spacial score (nSPS) is 10.4. The van der Waals surface area contributed by atoms with Gasteiger partial charge in [0.05, 0.1) is 5.02 Å². The molecule has 0 aliphatic rings. The van der Waals surface area contributed by atoms with Crippen molar-refractivity contribution >= 4 is 44.9 Å². The molecule has 0 spiro atoms. The second kappa shape index (κ2) is 7.16. The second-order valence-electron chi connectivity index (χ2n) is 4.05. The number of anilines is 1. The van der Waals surface area contributed by atoms with E-state index < -0.39 is 0 Å². The monoisotopic (exact) mass is 374 g/mol. The third-order valence-corrected chi connectivity index (χ3v) is 3.62. The molecule has 0 radical (unpaired) electrons. The molecule has 0 aliphatic heterocycles. The van der Waals surface area contributed by atoms with Crippen molar-refractivity contribution in [2.24, 2.45) is 0 Å². The fraction of sp³-hybridized carbons (Fsp3) is 0.214. The zero-order chi connectivity index (χ0) is 14.5. The van der Waals surface area contributed by atoms with Crippen LogP contribution in [0.15, 0.2) is 34.8 Å². The number of pyridine rings is 1. The van der Waals surface area contributed by atoms with E-state index in [1.54, 1.807) is 6.07 Å². The highest BCUT2D eigenvalue weighted by Crippen LogP contribution is 2.31. The van der Waals surface area contributed by atoms with Crippen LogP contribution in [0.1, 0.15) is 12.5 Å². The molecule has 2 rings (SSSR count). The van der Waals surface area contributed by atoms with Gasteiger partial charge < -0.3 is 10.1 Å². The Morgan fingerprint density at radius 1 is 1.20 bits per heavy atom. The summed E-state index contributed by atoms with van der Waals surface area (Å²) in [4.78, 5) is 4.29. The highest BCUT2D eigenvalue weighted by atomic mass is 79.9. The van der Waals surface area contributed by atoms with Gasteiger partial charge >= 0.3 is 0 Å². The van der Waals surface area contributed by atoms with E-state index >= 15 is 0 Å². The quantitative estimate of drug-likeness (QED) is 0.783. The zero-order valence-electron chi connectivity index (χ0n) is 10.8. The molecule has 106 valence electrons. The zero-order valence-corrected chi connectivity index (χ0v) is 13.9. The average molecular weight is 376 g/mol. The van der Waals surface area contributed by atoms with E-state index in [1.165, 1.54) is 0 Å². The van der Waals surface area contributed by atoms with Crippen LogP contribution in [-0.2, 0) is 6.61 Å². The van der Waals surface area contributed by atoms with Crippen molar-refractivity contribution in [3.63, 3.8) is 0 Å². The van der Waals surface area contributed by atoms with E-state index in [9.17, 15) is 0 Å². The summed E-state index contributed by atoms with van der Waals surface area (Å²) in [5, 5.41) is 3.94. The predicted octanol–water partition coefficient (Wildman–Crippen LogP) is 5.16. The lowest BCUT2D eigenvalue weighted by atomic mass is 10.2. The Labute approximate surface area is 136 Å². The van der Waals surface area contributed by atoms with Gasteiger partial charge in [-0.2, -0.15) is 4.98 Å². The van der Waals surface area contributed by atoms with E-state index in [1.807, 2.05) is 31.2 Å². The summed E-state index contributed by atoms with van der Waals surface area (Å²) < 4.78 is 6.67. The molecule has 0 saturated heterocycles. The molecule has 1 heterocycles. The van der Waals surface area contributed by atoms with Gasteiger partial charge in [0.2, 0.25) is 5.88 Å². The number of ether oxygens (including phenoxy) is 1. The lowest BCUT2D eigenvalue weighted by Crippen LogP contribution is -2.03. The average Bonchev–Trinajstić information content (AvgIpc) is 2.42. The lowest BCUT2D eigenvalue weighted by molar-refractivity contribution is 0.294. The number of halogens is 3. The number of hydrogen-bond donors (Lipinski definition) is 1. The minimum absolute atomic E-state index is 0.370. The van der Waals surface area contributed by atoms with Gasteiger partial charge in [0, 0.05) is 11.0 Å². The Kier molecular flexibility index (Phi) is 5.52. The molecule has 6 heteroatoms. The fourth-order valence-electron chi connectivity index (χ4n) is 1.57. The number of aromatic nitrogens is 1. The number of hydrogen-bond acceptors (Lipinski definition) is 3. The van der Waals surface area contributed by atoms with Crippen molar-refractivity contribution in [2.45, 2.75) is 13.5 Å². The van der Waals surface area contributed by atoms with E-state index in [0.717, 1.165) is 16.6 Å². The Morgan fingerprint density at radius 3 is 2.55 bits per heavy atom. The molecule has 0 bridgehead atoms. The molecule has 0 atom stereocenters. The highest BCUT2D eigenvalue weighted by molar-refractivity contribution is 9.10. The van der Waals surface area contributed by atoms with E-state index in [2.05, 4.69) is 26.2 Å². The number of nitrogens with zero attached hydrogens (tertiary/aromatic N) is 1. The molecule has 2 aromatic rings. The van der Waals surface area contributed by atoms with Crippen molar-refractivity contribution in [3.05, 3.63) is 50.4 Å². The molecular weight excluding hydrogens is 363 g/mol. The van der Waals surface area contributed by atoms with Gasteiger partial charge in [-0.05, 0) is 30.7 Å². The maximum absolute atomic E-state index is 6.09. The van der Waals surface area contributed by atoms with Crippen LogP contribution in [0.2, 0.25) is 10.0 Å². The van der Waals surface area contributed by atoms with Crippen LogP contribution in [0.4, 0.5) is 5.82 Å². The second-order valence-corrected chi connectivity index (χ2v) is 5.78. The standard InChI is InChI=1S/C14H13BrCl2N2O/c1-2-18-13-11(16)7-12(17)14(19-13)20-8-9-3-5-10(15)6-4-9/h3-7H,2,8H2,1H3,(H,18,19). The van der Waals surface area contributed by atoms with E-state index in [4.69, 9.17) is 27.9 Å². The number of benzene rings is 1. The Hall–Kier alpha value is -0.970. The SMILES string of the molecule is CCNc1nc(OCc2ccc(Br)cc2)c(Cl)cc1Cl. The largest absolute Gasteiger partial charge is 0.472 e. The molecular formula is C14H13BrCl2N2O. The molecule has 0 amide bonds. The Bertz CT molecular complexity index is 590. The van der Waals surface area contributed by atoms with Crippen molar-refractivity contribution < 1.29 is 4.74 Å². The van der Waals surface area contributed by atoms with Crippen molar-refractivity contribution in [2.75, 3.05) is 11.9 Å². The minimum Gasteiger partial charge on any atom is -0.472 e. The third-order valence-electron chi connectivity index (χ3n) is 2.53. The van der Waals surface area contributed by atoms with Gasteiger partial charge in [0.1, 0.15) is 17.4 Å². The summed E-state index contributed by atoms with van der Waals surface area (Å²) in [7, 11) is 0. The first-order chi connectivity index (χ1) is 9.60. The summed E-state index contributed by atoms with van der Waals surface area (Å²) >= 11 is 15.5. The highest BCUT2D eigenvalue weighted by Gasteiger charge is 2.10. The van der Waals surface area contributed by atoms with Crippen LogP contribution in [0.25, 0.3) is 0 Å². The smallest absolute Gasteiger partial charge is 0.234 e. The van der Waals surface area contributed by atoms with Crippen LogP contribution in [-0.4, -0.2) is 11.5 Å². The van der Waals surface area contributed by atoms with Gasteiger partial charge in [-0.25, -0.2) is 0 Å². The van der Waals surface area contributed by atoms with Gasteiger partial charge in [0.15, 0.2) is 0 Å². The van der Waals surface area contributed by atoms with Crippen molar-refractivity contribution in [1.82, 2.24) is 4.98 Å². The molecule has 1 aromatic heterocycles. The molecule has 20 heavy (non-hydrogen) atoms. The lowest BCUT2D eigenvalue weighted by Gasteiger charge is -2.11. The van der Waals surface area contributed by atoms with Crippen LogP contribution in [0, 0.1) is 0 Å². The van der Waals surface area contributed by atoms with Crippen molar-refractivity contribution in [1.29, 1.82) is 0 Å². The van der Waals surface area contributed by atoms with Crippen molar-refractivity contribution in [3.8, 4) is 5.88 Å². The molecule has 0 saturated carbocycles. The van der Waals surface area contributed by atoms with Crippen LogP contribution < -0.4 is 10.1 Å². The molecule has 0 fully saturated rings. The summed E-state index contributed by atoms with van der Waals surface area (Å²) in [5.41, 5.74) is 1.03. The number of rotatable bonds is 5. The molecule has 0 unspecified atom stereocenters. The summed E-state index contributed by atoms with van der Waals surface area (Å²) in [6.07, 6.45) is 0. The molecule has 1 N–H and O–H groups in total. The molecule has 3 nitrogen and oxygen atoms in total. The van der Waals surface area contributed by atoms with Gasteiger partial charge in [0.25, 0.3) is 0 Å². The molecule has 1 aromatic carbocycles. The Morgan fingerprint density at radius 2 is 1.90 bits per heavy atom. The van der Waals surface area contributed by atoms with E-state index in [0.29, 0.717) is 28.3 Å². The first-order valence-electron chi connectivity index (χ1n) is 6.07. The van der Waals surface area contributed by atoms with Gasteiger partial charge in [-0.1, -0.05) is 51.3 Å². The van der Waals surface area contributed by atoms with Gasteiger partial charge in [-0.15, -0.1) is 0 Å². The predicted molar refractivity (Wildman–Crippen MR) is 86.9 cm³/mol. The maximum Gasteiger partial charge on any atom is 0.234 e. The molecule has 0 aliphatic carbocycles. The first kappa shape index (κ1) is 15.4. The summed E-state index contributed by atoms with van der Waals surface area (Å²) in [5.74, 6) is 0.944. The van der Waals surface area contributed by atoms with Gasteiger partial charge in [-0.3, -0.25) is 0 Å². The number of nitrogens with one attached hydrogen (secondary N) is 1.